The number of nitrogens with zero attached hydrogens (tertiary/aromatic N) is 6. The third-order valence-corrected chi connectivity index (χ3v) is 10.0. The van der Waals surface area contributed by atoms with Gasteiger partial charge in [-0.25, -0.2) is 29.9 Å². The van der Waals surface area contributed by atoms with E-state index in [4.69, 9.17) is 43.6 Å². The number of hydrogen-bond acceptors (Lipinski definition) is 9. The maximum absolute atomic E-state index is 6.71. The molecule has 0 radical (unpaired) electrons. The van der Waals surface area contributed by atoms with Crippen LogP contribution in [0.5, 0.6) is 0 Å². The molecule has 2 aromatic heterocycles. The maximum atomic E-state index is 6.71. The van der Waals surface area contributed by atoms with E-state index >= 15 is 0 Å². The van der Waals surface area contributed by atoms with Gasteiger partial charge in [-0.15, -0.1) is 0 Å². The lowest BCUT2D eigenvalue weighted by Gasteiger charge is -2.31. The van der Waals surface area contributed by atoms with Gasteiger partial charge in [0, 0.05) is 33.4 Å². The number of hydrogen-bond donors (Lipinski definition) is 0. The SMILES string of the molecule is c1ccc(B2OB(c3cccc(-c4nc(-c5ccccc5)nc(-c5ccccc5)n4)c3)OB(c3cccc(-c4nc(-c5ccccc5)nc(-c5ccccc5)n4)c3)O2)cc1. The van der Waals surface area contributed by atoms with E-state index in [0.717, 1.165) is 49.8 Å². The lowest BCUT2D eigenvalue weighted by molar-refractivity contribution is 0.308. The minimum atomic E-state index is -0.812. The molecule has 60 heavy (non-hydrogen) atoms. The quantitative estimate of drug-likeness (QED) is 0.137. The molecule has 1 aliphatic heterocycles. The fraction of sp³-hybridized carbons (Fsp3) is 0. The number of rotatable bonds is 9. The Bertz CT molecular complexity index is 2590. The fourth-order valence-corrected chi connectivity index (χ4v) is 7.04. The molecule has 0 bridgehead atoms. The van der Waals surface area contributed by atoms with E-state index in [9.17, 15) is 0 Å². The van der Waals surface area contributed by atoms with Gasteiger partial charge in [0.2, 0.25) is 0 Å². The zero-order chi connectivity index (χ0) is 40.1. The molecule has 1 saturated heterocycles. The van der Waals surface area contributed by atoms with Crippen molar-refractivity contribution < 1.29 is 13.7 Å². The predicted octanol–water partition coefficient (Wildman–Crippen LogP) is 7.61. The Morgan fingerprint density at radius 1 is 0.233 bits per heavy atom. The zero-order valence-electron chi connectivity index (χ0n) is 32.2. The number of benzene rings is 7. The lowest BCUT2D eigenvalue weighted by atomic mass is 9.61. The van der Waals surface area contributed by atoms with Gasteiger partial charge in [-0.2, -0.15) is 0 Å². The molecule has 1 aliphatic rings. The Labute approximate surface area is 348 Å². The highest BCUT2D eigenvalue weighted by molar-refractivity contribution is 6.87. The maximum Gasteiger partial charge on any atom is 0.467 e. The molecule has 10 rings (SSSR count). The molecular weight excluding hydrogens is 741 g/mol. The molecule has 0 atom stereocenters. The van der Waals surface area contributed by atoms with Gasteiger partial charge in [0.25, 0.3) is 0 Å². The minimum absolute atomic E-state index is 0.530. The third kappa shape index (κ3) is 8.03. The molecule has 3 heterocycles. The number of aromatic nitrogens is 6. The summed E-state index contributed by atoms with van der Waals surface area (Å²) in [6, 6.07) is 65.4. The molecule has 0 saturated carbocycles. The molecule has 0 unspecified atom stereocenters. The van der Waals surface area contributed by atoms with E-state index < -0.39 is 21.4 Å². The molecule has 9 aromatic rings. The monoisotopic (exact) mass is 774 g/mol. The van der Waals surface area contributed by atoms with Crippen LogP contribution in [0, 0.1) is 0 Å². The summed E-state index contributed by atoms with van der Waals surface area (Å²) in [5.41, 5.74) is 7.57. The Morgan fingerprint density at radius 3 is 0.783 bits per heavy atom. The summed E-state index contributed by atoms with van der Waals surface area (Å²) in [6.07, 6.45) is 0. The fourth-order valence-electron chi connectivity index (χ4n) is 7.04. The second kappa shape index (κ2) is 16.9. The van der Waals surface area contributed by atoms with E-state index in [-0.39, 0.29) is 0 Å². The van der Waals surface area contributed by atoms with E-state index in [1.54, 1.807) is 0 Å². The van der Waals surface area contributed by atoms with Gasteiger partial charge in [-0.1, -0.05) is 200 Å². The normalized spacial score (nSPS) is 12.7. The molecule has 12 heteroatoms. The third-order valence-electron chi connectivity index (χ3n) is 10.0. The minimum Gasteiger partial charge on any atom is -0.445 e. The highest BCUT2D eigenvalue weighted by atomic mass is 16.7. The summed E-state index contributed by atoms with van der Waals surface area (Å²) in [4.78, 5) is 29.6. The van der Waals surface area contributed by atoms with Crippen LogP contribution in [-0.2, 0) is 13.7 Å². The molecular formula is C48H33B3N6O3. The summed E-state index contributed by atoms with van der Waals surface area (Å²) in [5.74, 6) is 3.38. The van der Waals surface area contributed by atoms with E-state index in [0.29, 0.717) is 34.9 Å². The standard InChI is InChI=1S/C48H33B3N6O3/c1-6-18-34(19-7-1)43-52-44(35-20-8-2-9-21-35)55-47(54-43)38-26-16-30-41(32-38)50-58-49(40-28-14-5-15-29-40)59-51(60-50)42-31-17-27-39(33-42)48-56-45(36-22-10-3-11-23-36)53-46(57-48)37-24-12-4-13-25-37/h1-33H. The van der Waals surface area contributed by atoms with Crippen LogP contribution < -0.4 is 16.4 Å². The van der Waals surface area contributed by atoms with Crippen molar-refractivity contribution in [1.82, 2.24) is 29.9 Å². The molecule has 0 aliphatic carbocycles. The molecule has 282 valence electrons. The average molecular weight is 774 g/mol. The highest BCUT2D eigenvalue weighted by Gasteiger charge is 2.43. The zero-order valence-corrected chi connectivity index (χ0v) is 32.2. The van der Waals surface area contributed by atoms with E-state index in [1.165, 1.54) is 0 Å². The molecule has 0 amide bonds. The first-order chi connectivity index (χ1) is 29.7. The highest BCUT2D eigenvalue weighted by Crippen LogP contribution is 2.27. The summed E-state index contributed by atoms with van der Waals surface area (Å²) in [7, 11) is -2.36. The van der Waals surface area contributed by atoms with Crippen LogP contribution in [0.2, 0.25) is 0 Å². The van der Waals surface area contributed by atoms with Crippen LogP contribution >= 0.6 is 0 Å². The summed E-state index contributed by atoms with van der Waals surface area (Å²) >= 11 is 0. The van der Waals surface area contributed by atoms with Crippen LogP contribution in [0.1, 0.15) is 0 Å². The molecule has 1 fully saturated rings. The second-order valence-corrected chi connectivity index (χ2v) is 14.1. The topological polar surface area (TPSA) is 105 Å². The second-order valence-electron chi connectivity index (χ2n) is 14.1. The van der Waals surface area contributed by atoms with Gasteiger partial charge in [-0.05, 0) is 16.4 Å². The molecule has 0 spiro atoms. The van der Waals surface area contributed by atoms with Crippen molar-refractivity contribution in [1.29, 1.82) is 0 Å². The molecule has 7 aromatic carbocycles. The van der Waals surface area contributed by atoms with Crippen LogP contribution in [0.3, 0.4) is 0 Å². The molecule has 0 N–H and O–H groups in total. The average Bonchev–Trinajstić information content (AvgIpc) is 3.35. The Kier molecular flexibility index (Phi) is 10.4. The Hall–Kier alpha value is -7.37. The van der Waals surface area contributed by atoms with Crippen molar-refractivity contribution in [3.05, 3.63) is 200 Å². The van der Waals surface area contributed by atoms with Gasteiger partial charge in [0.1, 0.15) is 0 Å². The lowest BCUT2D eigenvalue weighted by Crippen LogP contribution is -2.61. The molecule has 9 nitrogen and oxygen atoms in total. The van der Waals surface area contributed by atoms with Crippen molar-refractivity contribution in [2.75, 3.05) is 0 Å². The van der Waals surface area contributed by atoms with Crippen molar-refractivity contribution in [3.63, 3.8) is 0 Å². The summed E-state index contributed by atoms with van der Waals surface area (Å²) < 4.78 is 19.9. The smallest absolute Gasteiger partial charge is 0.445 e. The van der Waals surface area contributed by atoms with Crippen LogP contribution in [0.4, 0.5) is 0 Å². The summed E-state index contributed by atoms with van der Waals surface area (Å²) in [6.45, 7) is 0. The van der Waals surface area contributed by atoms with Gasteiger partial charge >= 0.3 is 21.4 Å². The van der Waals surface area contributed by atoms with Crippen molar-refractivity contribution in [3.8, 4) is 68.3 Å². The van der Waals surface area contributed by atoms with Gasteiger partial charge in [-0.3, -0.25) is 0 Å². The van der Waals surface area contributed by atoms with Crippen LogP contribution in [0.25, 0.3) is 68.3 Å². The Balaban J connectivity index is 1.02. The van der Waals surface area contributed by atoms with E-state index in [2.05, 4.69) is 0 Å². The first kappa shape index (κ1) is 36.9. The first-order valence-corrected chi connectivity index (χ1v) is 19.7. The van der Waals surface area contributed by atoms with Crippen molar-refractivity contribution in [2.24, 2.45) is 0 Å². The van der Waals surface area contributed by atoms with Gasteiger partial charge in [0.05, 0.1) is 0 Å². The predicted molar refractivity (Wildman–Crippen MR) is 238 cm³/mol. The first-order valence-electron chi connectivity index (χ1n) is 19.7. The van der Waals surface area contributed by atoms with E-state index in [1.807, 2.05) is 200 Å². The van der Waals surface area contributed by atoms with Gasteiger partial charge < -0.3 is 13.7 Å². The van der Waals surface area contributed by atoms with Crippen LogP contribution in [0.15, 0.2) is 200 Å². The van der Waals surface area contributed by atoms with Crippen molar-refractivity contribution >= 4 is 37.7 Å². The largest absolute Gasteiger partial charge is 0.467 e. The summed E-state index contributed by atoms with van der Waals surface area (Å²) in [5, 5.41) is 0. The van der Waals surface area contributed by atoms with Crippen LogP contribution in [-0.4, -0.2) is 51.3 Å². The van der Waals surface area contributed by atoms with Gasteiger partial charge in [0.15, 0.2) is 34.9 Å². The Morgan fingerprint density at radius 2 is 0.467 bits per heavy atom. The van der Waals surface area contributed by atoms with Crippen molar-refractivity contribution in [2.45, 2.75) is 0 Å².